The molecule has 0 radical (unpaired) electrons. The Balaban J connectivity index is 0. The second kappa shape index (κ2) is 13.6. The lowest BCUT2D eigenvalue weighted by Gasteiger charge is -2.01. The highest BCUT2D eigenvalue weighted by Gasteiger charge is 2.07. The van der Waals surface area contributed by atoms with Crippen LogP contribution in [0.25, 0.3) is 16.7 Å². The fourth-order valence-electron chi connectivity index (χ4n) is 1.36. The van der Waals surface area contributed by atoms with E-state index in [9.17, 15) is 5.11 Å². The minimum absolute atomic E-state index is 0.0970. The molecule has 0 saturated heterocycles. The summed E-state index contributed by atoms with van der Waals surface area (Å²) in [4.78, 5) is 1.34. The van der Waals surface area contributed by atoms with Crippen molar-refractivity contribution in [2.24, 2.45) is 0 Å². The highest BCUT2D eigenvalue weighted by Crippen LogP contribution is 2.14. The van der Waals surface area contributed by atoms with Crippen LogP contribution in [0.1, 0.15) is 41.5 Å². The molecule has 0 spiro atoms. The monoisotopic (exact) mass is 303 g/mol. The smallest absolute Gasteiger partial charge is 0.135 e. The molecule has 0 aliphatic rings. The summed E-state index contributed by atoms with van der Waals surface area (Å²) in [5.74, 6) is -0.0970. The third-order valence-electron chi connectivity index (χ3n) is 2.07. The Hall–Kier alpha value is -2.36. The van der Waals surface area contributed by atoms with Gasteiger partial charge in [-0.25, -0.2) is 0 Å². The highest BCUT2D eigenvalue weighted by molar-refractivity contribution is 5.75. The van der Waals surface area contributed by atoms with Crippen molar-refractivity contribution in [2.45, 2.75) is 41.5 Å². The summed E-state index contributed by atoms with van der Waals surface area (Å²) in [5, 5.41) is 17.9. The van der Waals surface area contributed by atoms with E-state index in [1.54, 1.807) is 12.2 Å². The number of fused-ring (bicyclic) bond motifs is 1. The molecule has 1 aromatic heterocycles. The van der Waals surface area contributed by atoms with Crippen LogP contribution in [0.3, 0.4) is 0 Å². The number of aliphatic hydroxyl groups is 1. The van der Waals surface area contributed by atoms with Gasteiger partial charge >= 0.3 is 0 Å². The second-order valence-electron chi connectivity index (χ2n) is 3.21. The summed E-state index contributed by atoms with van der Waals surface area (Å²) < 4.78 is 0. The second-order valence-corrected chi connectivity index (χ2v) is 3.21. The maximum atomic E-state index is 9.41. The van der Waals surface area contributed by atoms with Gasteiger partial charge in [-0.1, -0.05) is 72.9 Å². The molecule has 0 saturated carbocycles. The molecule has 2 rings (SSSR count). The maximum Gasteiger partial charge on any atom is 0.135 e. The van der Waals surface area contributed by atoms with Crippen molar-refractivity contribution in [3.8, 4) is 0 Å². The number of benzene rings is 1. The Kier molecular flexibility index (Phi) is 13.6. The molecule has 0 amide bonds. The lowest BCUT2D eigenvalue weighted by molar-refractivity contribution is 0.431. The van der Waals surface area contributed by atoms with Gasteiger partial charge in [0, 0.05) is 0 Å². The van der Waals surface area contributed by atoms with Gasteiger partial charge in [0.1, 0.15) is 22.5 Å². The molecule has 1 aromatic carbocycles. The van der Waals surface area contributed by atoms with Crippen molar-refractivity contribution in [2.75, 3.05) is 0 Å². The summed E-state index contributed by atoms with van der Waals surface area (Å²) >= 11 is 0. The van der Waals surface area contributed by atoms with Crippen molar-refractivity contribution in [3.63, 3.8) is 0 Å². The SMILES string of the molecule is C=C/C=C(\C(=C)O)n1nc2ccccc2n1.CC.CC.CC. The molecular formula is C18H29N3O. The molecule has 122 valence electrons. The molecular weight excluding hydrogens is 274 g/mol. The van der Waals surface area contributed by atoms with Gasteiger partial charge in [0.05, 0.1) is 0 Å². The molecule has 4 nitrogen and oxygen atoms in total. The van der Waals surface area contributed by atoms with E-state index >= 15 is 0 Å². The maximum absolute atomic E-state index is 9.41. The molecule has 2 aromatic rings. The zero-order valence-corrected chi connectivity index (χ0v) is 14.7. The molecule has 1 heterocycles. The summed E-state index contributed by atoms with van der Waals surface area (Å²) in [6.45, 7) is 19.0. The zero-order chi connectivity index (χ0) is 17.5. The number of allylic oxidation sites excluding steroid dienone is 3. The third kappa shape index (κ3) is 6.39. The molecule has 0 unspecified atom stereocenters. The van der Waals surface area contributed by atoms with Crippen LogP contribution in [0.4, 0.5) is 0 Å². The van der Waals surface area contributed by atoms with Crippen molar-refractivity contribution < 1.29 is 5.11 Å². The van der Waals surface area contributed by atoms with Crippen LogP contribution in [0.5, 0.6) is 0 Å². The quantitative estimate of drug-likeness (QED) is 0.592. The molecule has 0 aliphatic heterocycles. The Morgan fingerprint density at radius 2 is 1.41 bits per heavy atom. The van der Waals surface area contributed by atoms with E-state index in [0.29, 0.717) is 5.70 Å². The molecule has 0 bridgehead atoms. The number of aromatic nitrogens is 3. The first-order chi connectivity index (χ1) is 10.7. The molecule has 0 aliphatic carbocycles. The fraction of sp³-hybridized carbons (Fsp3) is 0.333. The molecule has 1 N–H and O–H groups in total. The number of hydrogen-bond donors (Lipinski definition) is 1. The van der Waals surface area contributed by atoms with Gasteiger partial charge < -0.3 is 5.11 Å². The molecule has 22 heavy (non-hydrogen) atoms. The van der Waals surface area contributed by atoms with Gasteiger partial charge in [-0.3, -0.25) is 0 Å². The van der Waals surface area contributed by atoms with Gasteiger partial charge in [-0.15, -0.1) is 15.0 Å². The largest absolute Gasteiger partial charge is 0.506 e. The first-order valence-corrected chi connectivity index (χ1v) is 7.76. The summed E-state index contributed by atoms with van der Waals surface area (Å²) in [6, 6.07) is 7.47. The topological polar surface area (TPSA) is 50.9 Å². The van der Waals surface area contributed by atoms with E-state index in [-0.39, 0.29) is 5.76 Å². The summed E-state index contributed by atoms with van der Waals surface area (Å²) in [5.41, 5.74) is 1.93. The normalized spacial score (nSPS) is 9.27. The minimum Gasteiger partial charge on any atom is -0.506 e. The van der Waals surface area contributed by atoms with E-state index < -0.39 is 0 Å². The average molecular weight is 303 g/mol. The van der Waals surface area contributed by atoms with Gasteiger partial charge in [-0.2, -0.15) is 0 Å². The lowest BCUT2D eigenvalue weighted by atomic mass is 10.3. The number of nitrogens with zero attached hydrogens (tertiary/aromatic N) is 3. The van der Waals surface area contributed by atoms with E-state index in [1.165, 1.54) is 4.80 Å². The lowest BCUT2D eigenvalue weighted by Crippen LogP contribution is -2.02. The number of aliphatic hydroxyl groups excluding tert-OH is 1. The summed E-state index contributed by atoms with van der Waals surface area (Å²) in [7, 11) is 0. The van der Waals surface area contributed by atoms with Gasteiger partial charge in [-0.05, 0) is 18.2 Å². The predicted molar refractivity (Wildman–Crippen MR) is 97.8 cm³/mol. The van der Waals surface area contributed by atoms with E-state index in [1.807, 2.05) is 65.8 Å². The van der Waals surface area contributed by atoms with Gasteiger partial charge in [0.25, 0.3) is 0 Å². The first kappa shape index (κ1) is 21.9. The summed E-state index contributed by atoms with van der Waals surface area (Å²) in [6.07, 6.45) is 3.14. The van der Waals surface area contributed by atoms with Crippen LogP contribution < -0.4 is 0 Å². The first-order valence-electron chi connectivity index (χ1n) is 7.76. The average Bonchev–Trinajstić information content (AvgIpc) is 3.01. The van der Waals surface area contributed by atoms with Crippen molar-refractivity contribution >= 4 is 16.7 Å². The van der Waals surface area contributed by atoms with Crippen LogP contribution in [-0.2, 0) is 0 Å². The molecule has 0 fully saturated rings. The minimum atomic E-state index is -0.0970. The van der Waals surface area contributed by atoms with E-state index in [0.717, 1.165) is 11.0 Å². The Labute approximate surface area is 134 Å². The van der Waals surface area contributed by atoms with Crippen LogP contribution in [0.15, 0.2) is 55.3 Å². The number of hydrogen-bond acceptors (Lipinski definition) is 3. The van der Waals surface area contributed by atoms with Crippen molar-refractivity contribution in [1.82, 2.24) is 15.0 Å². The van der Waals surface area contributed by atoms with Gasteiger partial charge in [0.15, 0.2) is 0 Å². The molecule has 4 heteroatoms. The van der Waals surface area contributed by atoms with Crippen LogP contribution in [0, 0.1) is 0 Å². The predicted octanol–water partition coefficient (Wildman–Crippen LogP) is 5.61. The number of rotatable bonds is 3. The van der Waals surface area contributed by atoms with Crippen LogP contribution in [-0.4, -0.2) is 20.1 Å². The fourth-order valence-corrected chi connectivity index (χ4v) is 1.36. The third-order valence-corrected chi connectivity index (χ3v) is 2.07. The van der Waals surface area contributed by atoms with E-state index in [4.69, 9.17) is 0 Å². The molecule has 0 atom stereocenters. The van der Waals surface area contributed by atoms with Crippen LogP contribution >= 0.6 is 0 Å². The standard InChI is InChI=1S/C12H11N3O.3C2H6/c1-3-6-12(9(2)16)15-13-10-7-4-5-8-11(10)14-15;3*1-2/h3-8,16H,1-2H2;3*1-2H3/b12-6+;;;. The zero-order valence-electron chi connectivity index (χ0n) is 14.7. The van der Waals surface area contributed by atoms with Crippen molar-refractivity contribution in [3.05, 3.63) is 55.3 Å². The highest BCUT2D eigenvalue weighted by atomic mass is 16.3. The van der Waals surface area contributed by atoms with Crippen LogP contribution in [0.2, 0.25) is 0 Å². The Bertz CT molecular complexity index is 550. The Morgan fingerprint density at radius 1 is 1.00 bits per heavy atom. The Morgan fingerprint density at radius 3 is 1.73 bits per heavy atom. The van der Waals surface area contributed by atoms with Gasteiger partial charge in [0.2, 0.25) is 0 Å². The van der Waals surface area contributed by atoms with Crippen molar-refractivity contribution in [1.29, 1.82) is 0 Å². The van der Waals surface area contributed by atoms with E-state index in [2.05, 4.69) is 23.4 Å².